The zero-order chi connectivity index (χ0) is 23.8. The summed E-state index contributed by atoms with van der Waals surface area (Å²) in [6.07, 6.45) is 7.21. The Labute approximate surface area is 197 Å². The molecule has 7 rings (SSSR count). The largest absolute Gasteiger partial charge is 0.487 e. The van der Waals surface area contributed by atoms with Gasteiger partial charge >= 0.3 is 0 Å². The molecule has 1 unspecified atom stereocenters. The fourth-order valence-corrected chi connectivity index (χ4v) is 4.83. The SMILES string of the molecule is CC.Cn1c2c(c3ccc(-n4ccc(OCc5ccc(F)cn5)cc4=O)cc31)C1CCC2=CN1. The second-order valence-electron chi connectivity index (χ2n) is 8.28. The molecule has 174 valence electrons. The molecule has 1 N–H and O–H groups in total. The number of hydrogen-bond acceptors (Lipinski definition) is 4. The number of fused-ring (bicyclic) bond motifs is 3. The highest BCUT2D eigenvalue weighted by molar-refractivity contribution is 5.93. The van der Waals surface area contributed by atoms with E-state index in [0.717, 1.165) is 30.2 Å². The molecule has 0 amide bonds. The Hall–Kier alpha value is -3.87. The predicted molar refractivity (Wildman–Crippen MR) is 131 cm³/mol. The minimum Gasteiger partial charge on any atom is -0.487 e. The first-order valence-corrected chi connectivity index (χ1v) is 11.6. The van der Waals surface area contributed by atoms with Crippen LogP contribution in [0.15, 0.2) is 65.9 Å². The normalized spacial score (nSPS) is 15.8. The van der Waals surface area contributed by atoms with Crippen LogP contribution in [0.3, 0.4) is 0 Å². The van der Waals surface area contributed by atoms with Crippen LogP contribution < -0.4 is 15.6 Å². The molecule has 0 radical (unpaired) electrons. The first-order valence-electron chi connectivity index (χ1n) is 11.6. The van der Waals surface area contributed by atoms with Gasteiger partial charge in [0.15, 0.2) is 0 Å². The van der Waals surface area contributed by atoms with Gasteiger partial charge < -0.3 is 14.6 Å². The first-order chi connectivity index (χ1) is 16.6. The Kier molecular flexibility index (Phi) is 5.69. The Bertz CT molecular complexity index is 1450. The number of hydrogen-bond donors (Lipinski definition) is 1. The molecule has 0 saturated heterocycles. The van der Waals surface area contributed by atoms with Crippen molar-refractivity contribution in [3.05, 3.63) is 94.2 Å². The van der Waals surface area contributed by atoms with Crippen molar-refractivity contribution in [2.45, 2.75) is 39.3 Å². The van der Waals surface area contributed by atoms with Gasteiger partial charge in [0.05, 0.1) is 34.8 Å². The maximum Gasteiger partial charge on any atom is 0.258 e. The summed E-state index contributed by atoms with van der Waals surface area (Å²) in [6, 6.07) is 12.6. The number of aromatic nitrogens is 3. The summed E-state index contributed by atoms with van der Waals surface area (Å²) < 4.78 is 22.5. The Morgan fingerprint density at radius 2 is 2.03 bits per heavy atom. The molecule has 0 spiro atoms. The first kappa shape index (κ1) is 21.9. The fraction of sp³-hybridized carbons (Fsp3) is 0.259. The summed E-state index contributed by atoms with van der Waals surface area (Å²) in [5, 5.41) is 4.73. The zero-order valence-corrected chi connectivity index (χ0v) is 19.5. The summed E-state index contributed by atoms with van der Waals surface area (Å²) in [7, 11) is 2.09. The standard InChI is InChI=1S/C25H21FN4O2.C2H6/c1-29-22-10-18(5-6-20(22)24-21-7-2-15(12-28-21)25(24)29)30-9-8-19(11-23(30)31)32-14-17-4-3-16(26)13-27-17;1-2/h3-6,8-13,21,28H,2,7,14H2,1H3;1-2H3. The van der Waals surface area contributed by atoms with Crippen molar-refractivity contribution in [1.29, 1.82) is 0 Å². The van der Waals surface area contributed by atoms with Crippen LogP contribution in [0.5, 0.6) is 5.75 Å². The van der Waals surface area contributed by atoms with Crippen LogP contribution in [-0.4, -0.2) is 14.1 Å². The van der Waals surface area contributed by atoms with E-state index in [1.54, 1.807) is 22.9 Å². The lowest BCUT2D eigenvalue weighted by atomic mass is 9.85. The Morgan fingerprint density at radius 1 is 1.18 bits per heavy atom. The quantitative estimate of drug-likeness (QED) is 0.454. The van der Waals surface area contributed by atoms with Crippen LogP contribution >= 0.6 is 0 Å². The van der Waals surface area contributed by atoms with E-state index < -0.39 is 5.82 Å². The van der Waals surface area contributed by atoms with Gasteiger partial charge in [-0.25, -0.2) is 4.39 Å². The molecule has 0 fully saturated rings. The van der Waals surface area contributed by atoms with Crippen LogP contribution in [0, 0.1) is 5.82 Å². The molecule has 3 aromatic heterocycles. The molecular weight excluding hydrogens is 431 g/mol. The second kappa shape index (κ2) is 8.82. The number of ether oxygens (including phenoxy) is 1. The third-order valence-electron chi connectivity index (χ3n) is 6.38. The van der Waals surface area contributed by atoms with Gasteiger partial charge in [-0.3, -0.25) is 14.3 Å². The summed E-state index contributed by atoms with van der Waals surface area (Å²) in [5.74, 6) is 0.0513. The third-order valence-corrected chi connectivity index (χ3v) is 6.38. The van der Waals surface area contributed by atoms with Gasteiger partial charge in [-0.2, -0.15) is 0 Å². The highest BCUT2D eigenvalue weighted by atomic mass is 19.1. The number of benzene rings is 1. The van der Waals surface area contributed by atoms with E-state index in [1.165, 1.54) is 34.3 Å². The minimum atomic E-state index is -0.395. The van der Waals surface area contributed by atoms with Crippen molar-refractivity contribution in [1.82, 2.24) is 19.4 Å². The molecular formula is C27H27FN4O2. The fourth-order valence-electron chi connectivity index (χ4n) is 4.83. The molecule has 0 saturated carbocycles. The molecule has 5 heterocycles. The molecule has 4 aromatic rings. The number of allylic oxidation sites excluding steroid dienone is 1. The lowest BCUT2D eigenvalue weighted by Crippen LogP contribution is -2.26. The Balaban J connectivity index is 0.00000117. The van der Waals surface area contributed by atoms with E-state index in [0.29, 0.717) is 17.5 Å². The second-order valence-corrected chi connectivity index (χ2v) is 8.28. The van der Waals surface area contributed by atoms with Crippen LogP contribution in [0.25, 0.3) is 22.2 Å². The summed E-state index contributed by atoms with van der Waals surface area (Å²) in [4.78, 5) is 16.8. The number of nitrogens with one attached hydrogen (secondary N) is 1. The maximum atomic E-state index is 13.0. The topological polar surface area (TPSA) is 61.1 Å². The minimum absolute atomic E-state index is 0.162. The van der Waals surface area contributed by atoms with Gasteiger partial charge in [0.1, 0.15) is 18.2 Å². The van der Waals surface area contributed by atoms with E-state index in [4.69, 9.17) is 4.74 Å². The zero-order valence-electron chi connectivity index (χ0n) is 19.5. The van der Waals surface area contributed by atoms with Crippen LogP contribution in [0.4, 0.5) is 4.39 Å². The average Bonchev–Trinajstić information content (AvgIpc) is 3.20. The number of halogens is 1. The van der Waals surface area contributed by atoms with Crippen molar-refractivity contribution in [3.63, 3.8) is 0 Å². The molecule has 34 heavy (non-hydrogen) atoms. The third kappa shape index (κ3) is 3.67. The van der Waals surface area contributed by atoms with E-state index in [-0.39, 0.29) is 12.2 Å². The number of pyridine rings is 2. The van der Waals surface area contributed by atoms with Gasteiger partial charge in [-0.1, -0.05) is 19.9 Å². The van der Waals surface area contributed by atoms with E-state index in [2.05, 4.69) is 40.2 Å². The average molecular weight is 459 g/mol. The van der Waals surface area contributed by atoms with E-state index >= 15 is 0 Å². The molecule has 6 nitrogen and oxygen atoms in total. The van der Waals surface area contributed by atoms with Crippen molar-refractivity contribution in [2.24, 2.45) is 7.05 Å². The van der Waals surface area contributed by atoms with Gasteiger partial charge in [0.2, 0.25) is 0 Å². The highest BCUT2D eigenvalue weighted by Crippen LogP contribution is 2.45. The summed E-state index contributed by atoms with van der Waals surface area (Å²) in [6.45, 7) is 4.16. The van der Waals surface area contributed by atoms with Gasteiger partial charge in [0, 0.05) is 36.5 Å². The van der Waals surface area contributed by atoms with Crippen LogP contribution in [0.1, 0.15) is 49.7 Å². The monoisotopic (exact) mass is 458 g/mol. The van der Waals surface area contributed by atoms with Crippen LogP contribution in [-0.2, 0) is 13.7 Å². The van der Waals surface area contributed by atoms with Gasteiger partial charge in [-0.15, -0.1) is 0 Å². The number of aryl methyl sites for hydroxylation is 1. The lowest BCUT2D eigenvalue weighted by Gasteiger charge is -2.32. The predicted octanol–water partition coefficient (Wildman–Crippen LogP) is 5.25. The molecule has 1 aliphatic carbocycles. The highest BCUT2D eigenvalue weighted by Gasteiger charge is 2.32. The van der Waals surface area contributed by atoms with Crippen molar-refractivity contribution < 1.29 is 9.13 Å². The smallest absolute Gasteiger partial charge is 0.258 e. The molecule has 2 bridgehead atoms. The van der Waals surface area contributed by atoms with Crippen molar-refractivity contribution >= 4 is 16.5 Å². The molecule has 3 aliphatic rings. The maximum absolute atomic E-state index is 13.0. The van der Waals surface area contributed by atoms with Gasteiger partial charge in [-0.05, 0) is 48.7 Å². The van der Waals surface area contributed by atoms with Crippen molar-refractivity contribution in [3.8, 4) is 11.4 Å². The molecule has 1 atom stereocenters. The number of nitrogens with zero attached hydrogens (tertiary/aromatic N) is 3. The summed E-state index contributed by atoms with van der Waals surface area (Å²) >= 11 is 0. The Morgan fingerprint density at radius 3 is 2.74 bits per heavy atom. The molecule has 2 aliphatic heterocycles. The summed E-state index contributed by atoms with van der Waals surface area (Å²) in [5.41, 5.74) is 6.34. The van der Waals surface area contributed by atoms with Gasteiger partial charge in [0.25, 0.3) is 5.56 Å². The molecule has 1 aromatic carbocycles. The van der Waals surface area contributed by atoms with Crippen LogP contribution in [0.2, 0.25) is 0 Å². The lowest BCUT2D eigenvalue weighted by molar-refractivity contribution is 0.300. The number of rotatable bonds is 4. The molecule has 7 heteroatoms. The van der Waals surface area contributed by atoms with Crippen molar-refractivity contribution in [2.75, 3.05) is 0 Å². The van der Waals surface area contributed by atoms with E-state index in [1.807, 2.05) is 19.9 Å². The van der Waals surface area contributed by atoms with E-state index in [9.17, 15) is 9.18 Å².